The van der Waals surface area contributed by atoms with Crippen LogP contribution in [-0.2, 0) is 16.2 Å². The first kappa shape index (κ1) is 45.2. The molecule has 0 spiro atoms. The van der Waals surface area contributed by atoms with Crippen LogP contribution in [0.25, 0.3) is 66.5 Å². The van der Waals surface area contributed by atoms with Crippen molar-refractivity contribution in [3.8, 4) is 22.6 Å². The highest BCUT2D eigenvalue weighted by Crippen LogP contribution is 2.53. The molecule has 0 atom stereocenters. The van der Waals surface area contributed by atoms with Gasteiger partial charge >= 0.3 is 0 Å². The first-order valence-electron chi connectivity index (χ1n) is 25.9. The summed E-state index contributed by atoms with van der Waals surface area (Å²) in [7, 11) is 0. The number of fused-ring (bicyclic) bond motifs is 10. The second-order valence-electron chi connectivity index (χ2n) is 23.9. The molecule has 13 rings (SSSR count). The molecule has 0 saturated carbocycles. The van der Waals surface area contributed by atoms with Gasteiger partial charge in [-0.15, -0.1) is 0 Å². The van der Waals surface area contributed by atoms with Crippen molar-refractivity contribution in [3.63, 3.8) is 0 Å². The number of aryl methyl sites for hydroxylation is 2. The Labute approximate surface area is 428 Å². The van der Waals surface area contributed by atoms with E-state index in [0.717, 1.165) is 134 Å². The number of hydrogen-bond acceptors (Lipinski definition) is 6. The molecule has 0 unspecified atom stereocenters. The second kappa shape index (κ2) is 15.4. The van der Waals surface area contributed by atoms with Gasteiger partial charge in [-0.05, 0) is 149 Å². The summed E-state index contributed by atoms with van der Waals surface area (Å²) < 4.78 is 28.3. The maximum Gasteiger partial charge on any atom is 0.262 e. The highest BCUT2D eigenvalue weighted by Gasteiger charge is 2.50. The van der Waals surface area contributed by atoms with Gasteiger partial charge in [0, 0.05) is 55.0 Å². The minimum atomic E-state index is -0.261. The van der Waals surface area contributed by atoms with Gasteiger partial charge in [0.25, 0.3) is 6.71 Å². The molecule has 0 saturated heterocycles. The van der Waals surface area contributed by atoms with E-state index in [4.69, 9.17) is 17.7 Å². The normalized spacial score (nSPS) is 13.7. The van der Waals surface area contributed by atoms with Crippen LogP contribution in [0.1, 0.15) is 101 Å². The van der Waals surface area contributed by atoms with Crippen molar-refractivity contribution >= 4 is 101 Å². The van der Waals surface area contributed by atoms with Gasteiger partial charge in [0.05, 0.1) is 11.4 Å². The Morgan fingerprint density at radius 3 is 1.19 bits per heavy atom. The van der Waals surface area contributed by atoms with E-state index in [9.17, 15) is 0 Å². The molecular weight excluding hydrogens is 896 g/mol. The van der Waals surface area contributed by atoms with Crippen LogP contribution in [0.15, 0.2) is 151 Å². The Bertz CT molecular complexity index is 3800. The van der Waals surface area contributed by atoms with Gasteiger partial charge in [-0.1, -0.05) is 135 Å². The Morgan fingerprint density at radius 1 is 0.384 bits per heavy atom. The van der Waals surface area contributed by atoms with Crippen molar-refractivity contribution in [3.05, 3.63) is 172 Å². The zero-order valence-corrected chi connectivity index (χ0v) is 44.3. The van der Waals surface area contributed by atoms with E-state index < -0.39 is 0 Å². The third-order valence-corrected chi connectivity index (χ3v) is 16.0. The molecule has 6 heterocycles. The van der Waals surface area contributed by atoms with Crippen molar-refractivity contribution in [2.75, 3.05) is 9.80 Å². The molecule has 0 amide bonds. The van der Waals surface area contributed by atoms with E-state index >= 15 is 0 Å². The van der Waals surface area contributed by atoms with Crippen molar-refractivity contribution in [2.45, 2.75) is 106 Å². The number of para-hydroxylation sites is 2. The van der Waals surface area contributed by atoms with Crippen molar-refractivity contribution < 1.29 is 17.7 Å². The van der Waals surface area contributed by atoms with Crippen molar-refractivity contribution in [1.82, 2.24) is 0 Å². The van der Waals surface area contributed by atoms with Crippen LogP contribution in [0.5, 0.6) is 0 Å². The number of nitrogens with zero attached hydrogens (tertiary/aromatic N) is 2. The van der Waals surface area contributed by atoms with E-state index in [1.807, 2.05) is 24.3 Å². The maximum atomic E-state index is 7.48. The maximum absolute atomic E-state index is 7.48. The van der Waals surface area contributed by atoms with Crippen molar-refractivity contribution in [2.24, 2.45) is 0 Å². The summed E-state index contributed by atoms with van der Waals surface area (Å²) in [4.78, 5) is 4.92. The molecule has 4 aromatic heterocycles. The average molecular weight is 957 g/mol. The van der Waals surface area contributed by atoms with Crippen LogP contribution >= 0.6 is 0 Å². The van der Waals surface area contributed by atoms with Crippen LogP contribution in [0.2, 0.25) is 0 Å². The molecule has 0 aliphatic carbocycles. The standard InChI is InChI=1S/C66H61BN2O4/c1-36-22-26-45(55-30-40-18-14-16-20-51(40)70-55)38(3)60(36)68-49-34-44(66(11,12)13)35-50-59(49)67(57-47-32-42(64(5,6)7)24-28-53(47)72-62(57)68)58-48-33-43(65(8,9)10)25-29-54(48)73-63(58)69(50)61-37(2)23-27-46(39(61)4)56-31-41-19-15-17-21-52(41)71-56/h14-35H,1-13H3. The molecule has 0 radical (unpaired) electrons. The summed E-state index contributed by atoms with van der Waals surface area (Å²) >= 11 is 0. The lowest BCUT2D eigenvalue weighted by molar-refractivity contribution is 0.587. The molecule has 0 N–H and O–H groups in total. The lowest BCUT2D eigenvalue weighted by atomic mass is 9.33. The number of furan rings is 4. The quantitative estimate of drug-likeness (QED) is 0.164. The van der Waals surface area contributed by atoms with E-state index in [1.54, 1.807) is 0 Å². The number of hydrogen-bond donors (Lipinski definition) is 0. The lowest BCUT2D eigenvalue weighted by Crippen LogP contribution is -2.61. The highest BCUT2D eigenvalue weighted by molar-refractivity contribution is 7.02. The monoisotopic (exact) mass is 956 g/mol. The average Bonchev–Trinajstić information content (AvgIpc) is 4.14. The number of rotatable bonds is 4. The zero-order valence-electron chi connectivity index (χ0n) is 44.3. The van der Waals surface area contributed by atoms with E-state index in [2.05, 4.69) is 209 Å². The third-order valence-electron chi connectivity index (χ3n) is 16.0. The third kappa shape index (κ3) is 6.77. The molecular formula is C66H61BN2O4. The smallest absolute Gasteiger partial charge is 0.262 e. The molecule has 11 aromatic rings. The van der Waals surface area contributed by atoms with Gasteiger partial charge in [-0.25, -0.2) is 0 Å². The Kier molecular flexibility index (Phi) is 9.57. The lowest BCUT2D eigenvalue weighted by Gasteiger charge is -2.43. The Hall–Kier alpha value is -7.64. The fourth-order valence-electron chi connectivity index (χ4n) is 12.0. The van der Waals surface area contributed by atoms with Crippen LogP contribution in [0.4, 0.5) is 34.5 Å². The molecule has 2 aliphatic rings. The van der Waals surface area contributed by atoms with Crippen LogP contribution < -0.4 is 26.2 Å². The molecule has 7 aromatic carbocycles. The first-order chi connectivity index (χ1) is 34.7. The Morgan fingerprint density at radius 2 is 0.795 bits per heavy atom. The van der Waals surface area contributed by atoms with Gasteiger partial charge in [0.1, 0.15) is 33.9 Å². The predicted molar refractivity (Wildman–Crippen MR) is 305 cm³/mol. The number of anilines is 6. The van der Waals surface area contributed by atoms with Gasteiger partial charge in [-0.2, -0.15) is 0 Å². The van der Waals surface area contributed by atoms with Crippen LogP contribution in [0.3, 0.4) is 0 Å². The Balaban J connectivity index is 1.19. The van der Waals surface area contributed by atoms with Gasteiger partial charge in [-0.3, -0.25) is 9.80 Å². The van der Waals surface area contributed by atoms with Gasteiger partial charge in [0.2, 0.25) is 11.8 Å². The van der Waals surface area contributed by atoms with Gasteiger partial charge < -0.3 is 17.7 Å². The summed E-state index contributed by atoms with van der Waals surface area (Å²) in [5.74, 6) is 3.32. The minimum Gasteiger partial charge on any atom is -0.456 e. The summed E-state index contributed by atoms with van der Waals surface area (Å²) in [5, 5.41) is 4.37. The number of benzene rings is 7. The van der Waals surface area contributed by atoms with E-state index in [0.29, 0.717) is 0 Å². The summed E-state index contributed by atoms with van der Waals surface area (Å²) in [6.45, 7) is 29.4. The van der Waals surface area contributed by atoms with Crippen LogP contribution in [0, 0.1) is 27.7 Å². The molecule has 0 fully saturated rings. The van der Waals surface area contributed by atoms with E-state index in [1.165, 1.54) is 22.2 Å². The highest BCUT2D eigenvalue weighted by atomic mass is 16.4. The summed E-state index contributed by atoms with van der Waals surface area (Å²) in [6.07, 6.45) is 0. The molecule has 7 heteroatoms. The minimum absolute atomic E-state index is 0.107. The fourth-order valence-corrected chi connectivity index (χ4v) is 12.0. The van der Waals surface area contributed by atoms with Crippen molar-refractivity contribution in [1.29, 1.82) is 0 Å². The zero-order chi connectivity index (χ0) is 50.8. The SMILES string of the molecule is Cc1ccc(-c2cc3ccccc3o2)c(C)c1N1c2cc(C(C)(C)C)cc3c2B(c2c1oc1ccc(C(C)(C)C)cc21)c1c(oc2ccc(C(C)(C)C)cc12)N3c1c(C)ccc(-c2cc3ccccc3o2)c1C. The van der Waals surface area contributed by atoms with Crippen LogP contribution in [-0.4, -0.2) is 6.71 Å². The van der Waals surface area contributed by atoms with Gasteiger partial charge in [0.15, 0.2) is 0 Å². The molecule has 73 heavy (non-hydrogen) atoms. The first-order valence-corrected chi connectivity index (χ1v) is 25.9. The van der Waals surface area contributed by atoms with E-state index in [-0.39, 0.29) is 23.0 Å². The molecule has 2 aliphatic heterocycles. The summed E-state index contributed by atoms with van der Waals surface area (Å²) in [6, 6.07) is 48.4. The summed E-state index contributed by atoms with van der Waals surface area (Å²) in [5.41, 5.74) is 21.1. The fraction of sp³-hybridized carbons (Fsp3) is 0.242. The molecule has 6 nitrogen and oxygen atoms in total. The predicted octanol–water partition coefficient (Wildman–Crippen LogP) is 17.2. The largest absolute Gasteiger partial charge is 0.456 e. The molecule has 0 bridgehead atoms. The topological polar surface area (TPSA) is 59.0 Å². The molecule has 362 valence electrons. The second-order valence-corrected chi connectivity index (χ2v) is 23.9.